The molecule has 0 spiro atoms. The standard InChI is InChI=1S/C23H29ClN2O4/c1-3-4-14-30-20-11-7-18(8-12-20)22(27)26-21(23(28)25-13-15-29-2)16-17-5-9-19(24)10-6-17/h5-7,9-12,16,18H,3-4,8,13-15H2,1-2H3,(H,25,28)(H,26,27). The first-order valence-corrected chi connectivity index (χ1v) is 10.5. The lowest BCUT2D eigenvalue weighted by Crippen LogP contribution is -2.38. The summed E-state index contributed by atoms with van der Waals surface area (Å²) in [6.45, 7) is 3.49. The summed E-state index contributed by atoms with van der Waals surface area (Å²) in [5.74, 6) is -0.225. The van der Waals surface area contributed by atoms with Crippen LogP contribution in [0.3, 0.4) is 0 Å². The van der Waals surface area contributed by atoms with Crippen LogP contribution in [0.1, 0.15) is 31.7 Å². The Balaban J connectivity index is 2.04. The van der Waals surface area contributed by atoms with E-state index in [1.165, 1.54) is 0 Å². The number of hydrogen-bond acceptors (Lipinski definition) is 4. The van der Waals surface area contributed by atoms with Gasteiger partial charge in [0.15, 0.2) is 0 Å². The van der Waals surface area contributed by atoms with Gasteiger partial charge >= 0.3 is 0 Å². The lowest BCUT2D eigenvalue weighted by atomic mass is 9.99. The zero-order valence-corrected chi connectivity index (χ0v) is 18.2. The SMILES string of the molecule is CCCCOC1=CCC(C(=O)NC(=Cc2ccc(Cl)cc2)C(=O)NCCOC)C=C1. The van der Waals surface area contributed by atoms with Gasteiger partial charge in [-0.2, -0.15) is 0 Å². The molecule has 0 fully saturated rings. The molecular formula is C23H29ClN2O4. The number of carbonyl (C=O) groups excluding carboxylic acids is 2. The Kier molecular flexibility index (Phi) is 10.2. The molecule has 1 atom stereocenters. The largest absolute Gasteiger partial charge is 0.494 e. The number of rotatable bonds is 11. The minimum absolute atomic E-state index is 0.167. The first-order chi connectivity index (χ1) is 14.5. The van der Waals surface area contributed by atoms with Gasteiger partial charge in [0.2, 0.25) is 5.91 Å². The van der Waals surface area contributed by atoms with E-state index in [1.807, 2.05) is 12.2 Å². The van der Waals surface area contributed by atoms with Crippen LogP contribution in [0.2, 0.25) is 5.02 Å². The third kappa shape index (κ3) is 8.05. The van der Waals surface area contributed by atoms with Gasteiger partial charge in [0.1, 0.15) is 11.5 Å². The molecule has 30 heavy (non-hydrogen) atoms. The summed E-state index contributed by atoms with van der Waals surface area (Å²) in [6.07, 6.45) is 9.72. The molecule has 0 saturated heterocycles. The number of hydrogen-bond donors (Lipinski definition) is 2. The first-order valence-electron chi connectivity index (χ1n) is 10.1. The van der Waals surface area contributed by atoms with Crippen molar-refractivity contribution >= 4 is 29.5 Å². The van der Waals surface area contributed by atoms with E-state index in [0.717, 1.165) is 24.2 Å². The molecule has 1 aliphatic carbocycles. The van der Waals surface area contributed by atoms with Crippen molar-refractivity contribution in [1.82, 2.24) is 10.6 Å². The number of unbranched alkanes of at least 4 members (excludes halogenated alkanes) is 1. The van der Waals surface area contributed by atoms with Gasteiger partial charge in [-0.25, -0.2) is 0 Å². The van der Waals surface area contributed by atoms with Crippen molar-refractivity contribution in [2.24, 2.45) is 5.92 Å². The Morgan fingerprint density at radius 1 is 1.23 bits per heavy atom. The molecule has 0 radical (unpaired) electrons. The monoisotopic (exact) mass is 432 g/mol. The normalized spacial score (nSPS) is 16.0. The van der Waals surface area contributed by atoms with Gasteiger partial charge in [-0.05, 0) is 48.8 Å². The Bertz CT molecular complexity index is 800. The van der Waals surface area contributed by atoms with Crippen molar-refractivity contribution in [3.8, 4) is 0 Å². The summed E-state index contributed by atoms with van der Waals surface area (Å²) in [6, 6.07) is 7.01. The van der Waals surface area contributed by atoms with Crippen molar-refractivity contribution in [1.29, 1.82) is 0 Å². The smallest absolute Gasteiger partial charge is 0.267 e. The molecule has 162 valence electrons. The van der Waals surface area contributed by atoms with Crippen molar-refractivity contribution in [3.63, 3.8) is 0 Å². The average molecular weight is 433 g/mol. The van der Waals surface area contributed by atoms with E-state index in [1.54, 1.807) is 43.5 Å². The number of allylic oxidation sites excluding steroid dienone is 2. The third-order valence-electron chi connectivity index (χ3n) is 4.44. The van der Waals surface area contributed by atoms with Crippen LogP contribution in [-0.4, -0.2) is 38.7 Å². The highest BCUT2D eigenvalue weighted by Crippen LogP contribution is 2.19. The Morgan fingerprint density at radius 3 is 2.63 bits per heavy atom. The second-order valence-electron chi connectivity index (χ2n) is 6.86. The highest BCUT2D eigenvalue weighted by molar-refractivity contribution is 6.30. The van der Waals surface area contributed by atoms with Crippen LogP contribution >= 0.6 is 11.6 Å². The summed E-state index contributed by atoms with van der Waals surface area (Å²) in [5, 5.41) is 6.09. The average Bonchev–Trinajstić information content (AvgIpc) is 2.75. The molecule has 0 bridgehead atoms. The molecule has 0 heterocycles. The predicted octanol–water partition coefficient (Wildman–Crippen LogP) is 3.84. The molecular weight excluding hydrogens is 404 g/mol. The molecule has 2 rings (SSSR count). The maximum Gasteiger partial charge on any atom is 0.267 e. The van der Waals surface area contributed by atoms with Gasteiger partial charge < -0.3 is 20.1 Å². The fraction of sp³-hybridized carbons (Fsp3) is 0.391. The van der Waals surface area contributed by atoms with Crippen molar-refractivity contribution in [2.45, 2.75) is 26.2 Å². The zero-order chi connectivity index (χ0) is 21.8. The van der Waals surface area contributed by atoms with E-state index in [2.05, 4.69) is 17.6 Å². The fourth-order valence-electron chi connectivity index (χ4n) is 2.71. The molecule has 1 aromatic rings. The summed E-state index contributed by atoms with van der Waals surface area (Å²) in [5.41, 5.74) is 0.920. The van der Waals surface area contributed by atoms with E-state index in [9.17, 15) is 9.59 Å². The maximum atomic E-state index is 12.8. The summed E-state index contributed by atoms with van der Waals surface area (Å²) >= 11 is 5.93. The van der Waals surface area contributed by atoms with E-state index >= 15 is 0 Å². The fourth-order valence-corrected chi connectivity index (χ4v) is 2.83. The maximum absolute atomic E-state index is 12.8. The summed E-state index contributed by atoms with van der Waals surface area (Å²) in [4.78, 5) is 25.3. The number of halogens is 1. The zero-order valence-electron chi connectivity index (χ0n) is 17.4. The van der Waals surface area contributed by atoms with Crippen molar-refractivity contribution in [2.75, 3.05) is 26.9 Å². The van der Waals surface area contributed by atoms with E-state index in [-0.39, 0.29) is 23.4 Å². The Morgan fingerprint density at radius 2 is 2.00 bits per heavy atom. The van der Waals surface area contributed by atoms with Crippen LogP contribution in [-0.2, 0) is 19.1 Å². The van der Waals surface area contributed by atoms with Gasteiger partial charge in [0.25, 0.3) is 5.91 Å². The quantitative estimate of drug-likeness (QED) is 0.411. The van der Waals surface area contributed by atoms with E-state index in [0.29, 0.717) is 31.2 Å². The molecule has 1 aromatic carbocycles. The van der Waals surface area contributed by atoms with E-state index < -0.39 is 0 Å². The molecule has 0 saturated carbocycles. The first kappa shape index (κ1) is 23.7. The van der Waals surface area contributed by atoms with Gasteiger partial charge in [0, 0.05) is 18.7 Å². The van der Waals surface area contributed by atoms with Crippen LogP contribution in [0.4, 0.5) is 0 Å². The topological polar surface area (TPSA) is 76.7 Å². The molecule has 7 heteroatoms. The predicted molar refractivity (Wildman–Crippen MR) is 119 cm³/mol. The van der Waals surface area contributed by atoms with Gasteiger partial charge in [-0.3, -0.25) is 9.59 Å². The van der Waals surface area contributed by atoms with Gasteiger partial charge in [-0.1, -0.05) is 43.2 Å². The van der Waals surface area contributed by atoms with Crippen LogP contribution in [0.5, 0.6) is 0 Å². The molecule has 0 aromatic heterocycles. The van der Waals surface area contributed by atoms with Gasteiger partial charge in [0.05, 0.1) is 19.1 Å². The molecule has 0 aliphatic heterocycles. The second-order valence-corrected chi connectivity index (χ2v) is 7.29. The number of ether oxygens (including phenoxy) is 2. The number of carbonyl (C=O) groups is 2. The number of benzene rings is 1. The highest BCUT2D eigenvalue weighted by Gasteiger charge is 2.21. The molecule has 6 nitrogen and oxygen atoms in total. The Labute approximate surface area is 183 Å². The molecule has 1 unspecified atom stereocenters. The van der Waals surface area contributed by atoms with Crippen LogP contribution in [0, 0.1) is 5.92 Å². The van der Waals surface area contributed by atoms with E-state index in [4.69, 9.17) is 21.1 Å². The second kappa shape index (κ2) is 12.9. The molecule has 1 aliphatic rings. The number of methoxy groups -OCH3 is 1. The van der Waals surface area contributed by atoms with Crippen molar-refractivity contribution in [3.05, 3.63) is 64.5 Å². The van der Waals surface area contributed by atoms with Crippen LogP contribution in [0.25, 0.3) is 6.08 Å². The lowest BCUT2D eigenvalue weighted by molar-refractivity contribution is -0.125. The van der Waals surface area contributed by atoms with Crippen LogP contribution in [0.15, 0.2) is 53.9 Å². The summed E-state index contributed by atoms with van der Waals surface area (Å²) < 4.78 is 10.6. The van der Waals surface area contributed by atoms with Gasteiger partial charge in [-0.15, -0.1) is 0 Å². The molecule has 2 amide bonds. The molecule has 2 N–H and O–H groups in total. The summed E-state index contributed by atoms with van der Waals surface area (Å²) in [7, 11) is 1.56. The minimum Gasteiger partial charge on any atom is -0.494 e. The minimum atomic E-state index is -0.380. The highest BCUT2D eigenvalue weighted by atomic mass is 35.5. The van der Waals surface area contributed by atoms with Crippen molar-refractivity contribution < 1.29 is 19.1 Å². The number of nitrogens with one attached hydrogen (secondary N) is 2. The third-order valence-corrected chi connectivity index (χ3v) is 4.70. The lowest BCUT2D eigenvalue weighted by Gasteiger charge is -2.18. The number of amides is 2. The van der Waals surface area contributed by atoms with Crippen LogP contribution < -0.4 is 10.6 Å². The Hall–Kier alpha value is -2.57.